The normalized spacial score (nSPS) is 18.2. The SMILES string of the molecule is CCN1C(=O)c2cc(N)ccc2C(C)(C)C1=O. The van der Waals surface area contributed by atoms with Crippen molar-refractivity contribution in [3.63, 3.8) is 0 Å². The lowest BCUT2D eigenvalue weighted by atomic mass is 9.77. The molecule has 0 fully saturated rings. The van der Waals surface area contributed by atoms with E-state index >= 15 is 0 Å². The average molecular weight is 232 g/mol. The molecule has 0 aliphatic carbocycles. The highest BCUT2D eigenvalue weighted by Crippen LogP contribution is 2.35. The number of likely N-dealkylation sites (N-methyl/N-ethyl adjacent to an activating group) is 1. The monoisotopic (exact) mass is 232 g/mol. The van der Waals surface area contributed by atoms with Crippen LogP contribution in [0.4, 0.5) is 5.69 Å². The molecule has 0 saturated heterocycles. The minimum absolute atomic E-state index is 0.151. The van der Waals surface area contributed by atoms with E-state index in [1.807, 2.05) is 13.8 Å². The minimum atomic E-state index is -0.674. The summed E-state index contributed by atoms with van der Waals surface area (Å²) in [6, 6.07) is 5.14. The average Bonchev–Trinajstić information content (AvgIpc) is 2.27. The van der Waals surface area contributed by atoms with Crippen molar-refractivity contribution in [2.45, 2.75) is 26.2 Å². The van der Waals surface area contributed by atoms with Gasteiger partial charge in [0.15, 0.2) is 0 Å². The third-order valence-corrected chi connectivity index (χ3v) is 3.29. The van der Waals surface area contributed by atoms with Crippen molar-refractivity contribution in [1.29, 1.82) is 0 Å². The number of amides is 2. The third-order valence-electron chi connectivity index (χ3n) is 3.29. The van der Waals surface area contributed by atoms with Crippen LogP contribution in [0, 0.1) is 0 Å². The zero-order valence-corrected chi connectivity index (χ0v) is 10.3. The van der Waals surface area contributed by atoms with Crippen LogP contribution in [-0.2, 0) is 10.2 Å². The maximum absolute atomic E-state index is 12.2. The van der Waals surface area contributed by atoms with E-state index in [4.69, 9.17) is 5.73 Å². The number of fused-ring (bicyclic) bond motifs is 1. The van der Waals surface area contributed by atoms with Crippen LogP contribution in [0.2, 0.25) is 0 Å². The van der Waals surface area contributed by atoms with Crippen molar-refractivity contribution < 1.29 is 9.59 Å². The fourth-order valence-corrected chi connectivity index (χ4v) is 2.26. The topological polar surface area (TPSA) is 63.4 Å². The zero-order valence-electron chi connectivity index (χ0n) is 10.3. The second-order valence-corrected chi connectivity index (χ2v) is 4.78. The molecule has 2 N–H and O–H groups in total. The van der Waals surface area contributed by atoms with Gasteiger partial charge < -0.3 is 5.73 Å². The smallest absolute Gasteiger partial charge is 0.260 e. The quantitative estimate of drug-likeness (QED) is 0.590. The Morgan fingerprint density at radius 1 is 1.29 bits per heavy atom. The van der Waals surface area contributed by atoms with Crippen LogP contribution in [0.3, 0.4) is 0 Å². The molecule has 0 saturated carbocycles. The summed E-state index contributed by atoms with van der Waals surface area (Å²) < 4.78 is 0. The van der Waals surface area contributed by atoms with E-state index in [0.29, 0.717) is 17.8 Å². The predicted molar refractivity (Wildman–Crippen MR) is 65.6 cm³/mol. The molecule has 2 amide bonds. The largest absolute Gasteiger partial charge is 0.399 e. The number of anilines is 1. The van der Waals surface area contributed by atoms with Gasteiger partial charge in [0.25, 0.3) is 5.91 Å². The molecule has 0 atom stereocenters. The van der Waals surface area contributed by atoms with E-state index in [0.717, 1.165) is 5.56 Å². The first kappa shape index (κ1) is 11.6. The Labute approximate surface area is 100 Å². The van der Waals surface area contributed by atoms with Gasteiger partial charge in [0, 0.05) is 17.8 Å². The van der Waals surface area contributed by atoms with Crippen LogP contribution < -0.4 is 5.73 Å². The molecule has 0 radical (unpaired) electrons. The van der Waals surface area contributed by atoms with Gasteiger partial charge in [-0.2, -0.15) is 0 Å². The molecular weight excluding hydrogens is 216 g/mol. The first-order valence-corrected chi connectivity index (χ1v) is 5.66. The number of nitrogen functional groups attached to an aromatic ring is 1. The second kappa shape index (κ2) is 3.58. The Morgan fingerprint density at radius 2 is 1.94 bits per heavy atom. The molecule has 0 bridgehead atoms. The first-order valence-electron chi connectivity index (χ1n) is 5.66. The fraction of sp³-hybridized carbons (Fsp3) is 0.385. The van der Waals surface area contributed by atoms with Gasteiger partial charge in [-0.1, -0.05) is 6.07 Å². The number of carbonyl (C=O) groups excluding carboxylic acids is 2. The Kier molecular flexibility index (Phi) is 2.45. The molecule has 1 aliphatic rings. The molecule has 1 heterocycles. The number of hydrogen-bond donors (Lipinski definition) is 1. The molecule has 0 aromatic heterocycles. The summed E-state index contributed by atoms with van der Waals surface area (Å²) in [6.07, 6.45) is 0. The first-order chi connectivity index (χ1) is 7.89. The van der Waals surface area contributed by atoms with Crippen LogP contribution in [0.5, 0.6) is 0 Å². The highest BCUT2D eigenvalue weighted by atomic mass is 16.2. The van der Waals surface area contributed by atoms with Crippen LogP contribution in [-0.4, -0.2) is 23.3 Å². The van der Waals surface area contributed by atoms with Gasteiger partial charge in [-0.3, -0.25) is 14.5 Å². The standard InChI is InChI=1S/C13H16N2O2/c1-4-15-11(16)9-7-8(14)5-6-10(9)13(2,3)12(15)17/h5-7H,4,14H2,1-3H3. The number of benzene rings is 1. The number of imide groups is 1. The Balaban J connectivity index is 2.69. The number of carbonyl (C=O) groups is 2. The molecule has 0 unspecified atom stereocenters. The fourth-order valence-electron chi connectivity index (χ4n) is 2.26. The highest BCUT2D eigenvalue weighted by molar-refractivity contribution is 6.13. The van der Waals surface area contributed by atoms with Gasteiger partial charge in [-0.15, -0.1) is 0 Å². The number of hydrogen-bond acceptors (Lipinski definition) is 3. The van der Waals surface area contributed by atoms with Crippen LogP contribution in [0.15, 0.2) is 18.2 Å². The van der Waals surface area contributed by atoms with E-state index in [1.54, 1.807) is 25.1 Å². The van der Waals surface area contributed by atoms with E-state index in [-0.39, 0.29) is 11.8 Å². The van der Waals surface area contributed by atoms with Crippen molar-refractivity contribution in [2.75, 3.05) is 12.3 Å². The summed E-state index contributed by atoms with van der Waals surface area (Å²) in [5, 5.41) is 0. The van der Waals surface area contributed by atoms with Gasteiger partial charge in [-0.25, -0.2) is 0 Å². The number of rotatable bonds is 1. The van der Waals surface area contributed by atoms with Crippen molar-refractivity contribution in [1.82, 2.24) is 4.90 Å². The predicted octanol–water partition coefficient (Wildman–Crippen LogP) is 1.55. The van der Waals surface area contributed by atoms with Gasteiger partial charge in [-0.05, 0) is 38.5 Å². The number of nitrogens with zero attached hydrogens (tertiary/aromatic N) is 1. The van der Waals surface area contributed by atoms with Crippen molar-refractivity contribution in [2.24, 2.45) is 0 Å². The third kappa shape index (κ3) is 1.52. The zero-order chi connectivity index (χ0) is 12.8. The summed E-state index contributed by atoms with van der Waals surface area (Å²) in [5.41, 5.74) is 6.86. The Bertz CT molecular complexity index is 506. The van der Waals surface area contributed by atoms with E-state index in [9.17, 15) is 9.59 Å². The highest BCUT2D eigenvalue weighted by Gasteiger charge is 2.43. The van der Waals surface area contributed by atoms with Gasteiger partial charge >= 0.3 is 0 Å². The Morgan fingerprint density at radius 3 is 2.53 bits per heavy atom. The van der Waals surface area contributed by atoms with Gasteiger partial charge in [0.1, 0.15) is 0 Å². The molecule has 1 aromatic rings. The summed E-state index contributed by atoms with van der Waals surface area (Å²) in [5.74, 6) is -0.401. The summed E-state index contributed by atoms with van der Waals surface area (Å²) >= 11 is 0. The van der Waals surface area contributed by atoms with Crippen molar-refractivity contribution in [3.8, 4) is 0 Å². The van der Waals surface area contributed by atoms with E-state index < -0.39 is 5.41 Å². The molecule has 4 nitrogen and oxygen atoms in total. The molecule has 2 rings (SSSR count). The maximum Gasteiger partial charge on any atom is 0.260 e. The van der Waals surface area contributed by atoms with E-state index in [2.05, 4.69) is 0 Å². The number of nitrogens with two attached hydrogens (primary N) is 1. The molecule has 1 aliphatic heterocycles. The maximum atomic E-state index is 12.2. The lowest BCUT2D eigenvalue weighted by molar-refractivity contribution is -0.134. The van der Waals surface area contributed by atoms with Crippen molar-refractivity contribution >= 4 is 17.5 Å². The molecular formula is C13H16N2O2. The molecule has 90 valence electrons. The summed E-state index contributed by atoms with van der Waals surface area (Å²) in [6.45, 7) is 5.84. The lowest BCUT2D eigenvalue weighted by Gasteiger charge is -2.37. The minimum Gasteiger partial charge on any atom is -0.399 e. The molecule has 4 heteroatoms. The molecule has 1 aromatic carbocycles. The van der Waals surface area contributed by atoms with Crippen LogP contribution in [0.1, 0.15) is 36.7 Å². The van der Waals surface area contributed by atoms with Crippen LogP contribution >= 0.6 is 0 Å². The van der Waals surface area contributed by atoms with E-state index in [1.165, 1.54) is 4.90 Å². The molecule has 0 spiro atoms. The Hall–Kier alpha value is -1.84. The van der Waals surface area contributed by atoms with Gasteiger partial charge in [0.2, 0.25) is 5.91 Å². The summed E-state index contributed by atoms with van der Waals surface area (Å²) in [4.78, 5) is 25.6. The summed E-state index contributed by atoms with van der Waals surface area (Å²) in [7, 11) is 0. The second-order valence-electron chi connectivity index (χ2n) is 4.78. The lowest BCUT2D eigenvalue weighted by Crippen LogP contribution is -2.51. The van der Waals surface area contributed by atoms with Crippen LogP contribution in [0.25, 0.3) is 0 Å². The van der Waals surface area contributed by atoms with Crippen molar-refractivity contribution in [3.05, 3.63) is 29.3 Å². The molecule has 17 heavy (non-hydrogen) atoms. The van der Waals surface area contributed by atoms with Gasteiger partial charge in [0.05, 0.1) is 5.41 Å².